The lowest BCUT2D eigenvalue weighted by atomic mass is 10.1. The number of nitrogens with two attached hydrogens (primary N) is 1. The molecular weight excluding hydrogens is 222 g/mol. The summed E-state index contributed by atoms with van der Waals surface area (Å²) in [6, 6.07) is 8.20. The van der Waals surface area contributed by atoms with Crippen LogP contribution in [0.1, 0.15) is 26.1 Å². The van der Waals surface area contributed by atoms with Gasteiger partial charge in [-0.3, -0.25) is 0 Å². The maximum Gasteiger partial charge on any atom is 0.107 e. The number of aromatic amines is 1. The molecule has 1 saturated carbocycles. The van der Waals surface area contributed by atoms with Crippen molar-refractivity contribution in [3.05, 3.63) is 30.1 Å². The zero-order chi connectivity index (χ0) is 12.8. The lowest BCUT2D eigenvalue weighted by Crippen LogP contribution is -2.05. The maximum absolute atomic E-state index is 5.81. The molecule has 2 unspecified atom stereocenters. The van der Waals surface area contributed by atoms with Crippen molar-refractivity contribution in [1.82, 2.24) is 9.97 Å². The molecule has 0 saturated heterocycles. The van der Waals surface area contributed by atoms with Crippen LogP contribution in [0.3, 0.4) is 0 Å². The number of rotatable bonds is 4. The first kappa shape index (κ1) is 11.7. The van der Waals surface area contributed by atoms with Crippen LogP contribution in [0.5, 0.6) is 0 Å². The predicted molar refractivity (Wildman–Crippen MR) is 74.2 cm³/mol. The SMILES string of the molecule is CC1(C)C(CN)C1CCc1nc2ccccc2[nH]1. The highest BCUT2D eigenvalue weighted by atomic mass is 14.9. The van der Waals surface area contributed by atoms with Crippen molar-refractivity contribution in [1.29, 1.82) is 0 Å². The van der Waals surface area contributed by atoms with Gasteiger partial charge in [-0.15, -0.1) is 0 Å². The summed E-state index contributed by atoms with van der Waals surface area (Å²) in [6.45, 7) is 5.47. The number of benzene rings is 1. The van der Waals surface area contributed by atoms with E-state index in [1.54, 1.807) is 0 Å². The number of hydrogen-bond acceptors (Lipinski definition) is 2. The Hall–Kier alpha value is -1.35. The van der Waals surface area contributed by atoms with E-state index in [0.717, 1.165) is 35.7 Å². The van der Waals surface area contributed by atoms with Crippen molar-refractivity contribution in [3.8, 4) is 0 Å². The topological polar surface area (TPSA) is 54.7 Å². The molecule has 0 aliphatic heterocycles. The van der Waals surface area contributed by atoms with Crippen molar-refractivity contribution in [3.63, 3.8) is 0 Å². The van der Waals surface area contributed by atoms with E-state index < -0.39 is 0 Å². The van der Waals surface area contributed by atoms with Crippen molar-refractivity contribution < 1.29 is 0 Å². The van der Waals surface area contributed by atoms with Gasteiger partial charge in [-0.1, -0.05) is 26.0 Å². The van der Waals surface area contributed by atoms with Crippen molar-refractivity contribution in [2.24, 2.45) is 23.0 Å². The monoisotopic (exact) mass is 243 g/mol. The molecule has 0 spiro atoms. The summed E-state index contributed by atoms with van der Waals surface area (Å²) in [5, 5.41) is 0. The van der Waals surface area contributed by atoms with Gasteiger partial charge in [-0.25, -0.2) is 4.98 Å². The molecule has 1 aromatic heterocycles. The average Bonchev–Trinajstić information content (AvgIpc) is 2.72. The molecule has 0 bridgehead atoms. The van der Waals surface area contributed by atoms with Crippen molar-refractivity contribution in [2.75, 3.05) is 6.54 Å². The average molecular weight is 243 g/mol. The molecule has 1 aliphatic rings. The molecule has 1 fully saturated rings. The normalized spacial score (nSPS) is 25.5. The van der Waals surface area contributed by atoms with Gasteiger partial charge < -0.3 is 10.7 Å². The quantitative estimate of drug-likeness (QED) is 0.867. The number of fused-ring (bicyclic) bond motifs is 1. The Kier molecular flexibility index (Phi) is 2.67. The lowest BCUT2D eigenvalue weighted by molar-refractivity contribution is 0.520. The number of aryl methyl sites for hydroxylation is 1. The summed E-state index contributed by atoms with van der Waals surface area (Å²) in [7, 11) is 0. The van der Waals surface area contributed by atoms with Crippen LogP contribution in [-0.4, -0.2) is 16.5 Å². The van der Waals surface area contributed by atoms with E-state index in [2.05, 4.69) is 35.9 Å². The van der Waals surface area contributed by atoms with Gasteiger partial charge in [0.2, 0.25) is 0 Å². The van der Waals surface area contributed by atoms with Crippen LogP contribution in [0.15, 0.2) is 24.3 Å². The summed E-state index contributed by atoms with van der Waals surface area (Å²) < 4.78 is 0. The van der Waals surface area contributed by atoms with Crippen LogP contribution in [0.2, 0.25) is 0 Å². The summed E-state index contributed by atoms with van der Waals surface area (Å²) in [5.74, 6) is 2.56. The summed E-state index contributed by atoms with van der Waals surface area (Å²) in [5.41, 5.74) is 8.44. The lowest BCUT2D eigenvalue weighted by Gasteiger charge is -2.00. The van der Waals surface area contributed by atoms with Gasteiger partial charge in [-0.2, -0.15) is 0 Å². The number of imidazole rings is 1. The fraction of sp³-hybridized carbons (Fsp3) is 0.533. The molecule has 2 aromatic rings. The van der Waals surface area contributed by atoms with Crippen LogP contribution in [-0.2, 0) is 6.42 Å². The molecule has 0 amide bonds. The third kappa shape index (κ3) is 1.83. The van der Waals surface area contributed by atoms with Crippen molar-refractivity contribution >= 4 is 11.0 Å². The standard InChI is InChI=1S/C15H21N3/c1-15(2)10(11(15)9-16)7-8-14-17-12-5-3-4-6-13(12)18-14/h3-6,10-11H,7-9,16H2,1-2H3,(H,17,18). The highest BCUT2D eigenvalue weighted by Crippen LogP contribution is 2.59. The van der Waals surface area contributed by atoms with Crippen molar-refractivity contribution in [2.45, 2.75) is 26.7 Å². The molecule has 3 heteroatoms. The zero-order valence-electron chi connectivity index (χ0n) is 11.1. The number of para-hydroxylation sites is 2. The molecule has 1 aliphatic carbocycles. The van der Waals surface area contributed by atoms with Gasteiger partial charge in [-0.05, 0) is 42.3 Å². The van der Waals surface area contributed by atoms with Gasteiger partial charge in [0, 0.05) is 6.42 Å². The zero-order valence-corrected chi connectivity index (χ0v) is 11.1. The molecule has 1 heterocycles. The molecule has 18 heavy (non-hydrogen) atoms. The fourth-order valence-corrected chi connectivity index (χ4v) is 3.31. The Morgan fingerprint density at radius 1 is 1.28 bits per heavy atom. The Labute approximate surface area is 108 Å². The third-order valence-corrected chi connectivity index (χ3v) is 4.67. The number of aromatic nitrogens is 2. The Balaban J connectivity index is 1.67. The molecule has 0 radical (unpaired) electrons. The summed E-state index contributed by atoms with van der Waals surface area (Å²) >= 11 is 0. The van der Waals surface area contributed by atoms with E-state index in [1.165, 1.54) is 6.42 Å². The largest absolute Gasteiger partial charge is 0.342 e. The Morgan fingerprint density at radius 3 is 2.72 bits per heavy atom. The number of H-pyrrole nitrogens is 1. The van der Waals surface area contributed by atoms with Gasteiger partial charge in [0.15, 0.2) is 0 Å². The molecule has 2 atom stereocenters. The van der Waals surface area contributed by atoms with Gasteiger partial charge in [0.1, 0.15) is 5.82 Å². The van der Waals surface area contributed by atoms with E-state index in [4.69, 9.17) is 5.73 Å². The summed E-state index contributed by atoms with van der Waals surface area (Å²) in [4.78, 5) is 8.02. The number of nitrogens with zero attached hydrogens (tertiary/aromatic N) is 1. The minimum Gasteiger partial charge on any atom is -0.342 e. The van der Waals surface area contributed by atoms with E-state index in [0.29, 0.717) is 11.3 Å². The number of hydrogen-bond donors (Lipinski definition) is 2. The molecule has 3 nitrogen and oxygen atoms in total. The second kappa shape index (κ2) is 4.09. The van der Waals surface area contributed by atoms with Crippen LogP contribution in [0.25, 0.3) is 11.0 Å². The highest BCUT2D eigenvalue weighted by molar-refractivity contribution is 5.74. The van der Waals surface area contributed by atoms with Crippen LogP contribution >= 0.6 is 0 Å². The molecular formula is C15H21N3. The first-order valence-electron chi connectivity index (χ1n) is 6.76. The molecule has 1 aromatic carbocycles. The first-order chi connectivity index (χ1) is 8.63. The Bertz CT molecular complexity index is 523. The van der Waals surface area contributed by atoms with Gasteiger partial charge >= 0.3 is 0 Å². The minimum atomic E-state index is 0.431. The maximum atomic E-state index is 5.81. The minimum absolute atomic E-state index is 0.431. The smallest absolute Gasteiger partial charge is 0.107 e. The van der Waals surface area contributed by atoms with E-state index in [1.807, 2.05) is 12.1 Å². The predicted octanol–water partition coefficient (Wildman–Crippen LogP) is 2.73. The number of nitrogens with one attached hydrogen (secondary N) is 1. The van der Waals surface area contributed by atoms with Crippen LogP contribution in [0.4, 0.5) is 0 Å². The summed E-state index contributed by atoms with van der Waals surface area (Å²) in [6.07, 6.45) is 2.22. The van der Waals surface area contributed by atoms with Gasteiger partial charge in [0.05, 0.1) is 11.0 Å². The first-order valence-corrected chi connectivity index (χ1v) is 6.76. The van der Waals surface area contributed by atoms with E-state index in [-0.39, 0.29) is 0 Å². The molecule has 3 rings (SSSR count). The second-order valence-electron chi connectivity index (χ2n) is 6.01. The van der Waals surface area contributed by atoms with E-state index >= 15 is 0 Å². The molecule has 96 valence electrons. The van der Waals surface area contributed by atoms with Gasteiger partial charge in [0.25, 0.3) is 0 Å². The third-order valence-electron chi connectivity index (χ3n) is 4.67. The highest BCUT2D eigenvalue weighted by Gasteiger charge is 2.55. The Morgan fingerprint density at radius 2 is 2.06 bits per heavy atom. The van der Waals surface area contributed by atoms with Crippen LogP contribution in [0, 0.1) is 17.3 Å². The molecule has 3 N–H and O–H groups in total. The van der Waals surface area contributed by atoms with Crippen LogP contribution < -0.4 is 5.73 Å². The fourth-order valence-electron chi connectivity index (χ4n) is 3.31. The van der Waals surface area contributed by atoms with E-state index in [9.17, 15) is 0 Å². The second-order valence-corrected chi connectivity index (χ2v) is 6.01.